The van der Waals surface area contributed by atoms with Crippen molar-refractivity contribution in [2.45, 2.75) is 6.42 Å². The lowest BCUT2D eigenvalue weighted by atomic mass is 10.2. The fraction of sp³-hybridized carbons (Fsp3) is 0.200. The third-order valence-electron chi connectivity index (χ3n) is 2.07. The minimum absolute atomic E-state index is 0.107. The number of halogens is 1. The average Bonchev–Trinajstić information content (AvgIpc) is 2.20. The van der Waals surface area contributed by atoms with E-state index in [2.05, 4.69) is 9.97 Å². The summed E-state index contributed by atoms with van der Waals surface area (Å²) in [6.45, 7) is 0.454. The lowest BCUT2D eigenvalue weighted by Gasteiger charge is -2.04. The molecule has 2 rings (SSSR count). The van der Waals surface area contributed by atoms with Crippen molar-refractivity contribution in [3.63, 3.8) is 0 Å². The second-order valence-corrected chi connectivity index (χ2v) is 3.50. The molecule has 3 N–H and O–H groups in total. The molecule has 0 aliphatic carbocycles. The van der Waals surface area contributed by atoms with E-state index in [0.29, 0.717) is 34.8 Å². The van der Waals surface area contributed by atoms with Crippen LogP contribution in [0.1, 0.15) is 5.82 Å². The minimum atomic E-state index is 0.107. The number of nitrogens with zero attached hydrogens (tertiary/aromatic N) is 2. The van der Waals surface area contributed by atoms with Gasteiger partial charge in [0, 0.05) is 11.8 Å². The second kappa shape index (κ2) is 4.00. The normalized spacial score (nSPS) is 10.8. The average molecular weight is 224 g/mol. The zero-order valence-electron chi connectivity index (χ0n) is 7.94. The molecule has 2 aromatic rings. The van der Waals surface area contributed by atoms with Crippen LogP contribution in [0.2, 0.25) is 5.15 Å². The van der Waals surface area contributed by atoms with Crippen LogP contribution < -0.4 is 5.73 Å². The Balaban J connectivity index is 2.68. The molecule has 78 valence electrons. The molecule has 0 aliphatic heterocycles. The molecule has 15 heavy (non-hydrogen) atoms. The molecule has 0 amide bonds. The van der Waals surface area contributed by atoms with Crippen LogP contribution in [0.15, 0.2) is 18.2 Å². The molecule has 0 radical (unpaired) electrons. The van der Waals surface area contributed by atoms with E-state index in [1.54, 1.807) is 18.2 Å². The predicted octanol–water partition coefficient (Wildman–Crippen LogP) is 1.49. The Kier molecular flexibility index (Phi) is 2.70. The van der Waals surface area contributed by atoms with Crippen LogP contribution in [0.4, 0.5) is 0 Å². The SMILES string of the molecule is NCCc1nc(Cl)c2cccc(O)c2n1. The van der Waals surface area contributed by atoms with Gasteiger partial charge < -0.3 is 10.8 Å². The quantitative estimate of drug-likeness (QED) is 0.757. The number of aromatic nitrogens is 2. The summed E-state index contributed by atoms with van der Waals surface area (Å²) in [6.07, 6.45) is 0.546. The molecule has 0 unspecified atom stereocenters. The first-order valence-electron chi connectivity index (χ1n) is 4.56. The molecule has 1 heterocycles. The standard InChI is InChI=1S/C10H10ClN3O/c11-10-6-2-1-3-7(15)9(6)13-8(14-10)4-5-12/h1-3,15H,4-5,12H2. The Morgan fingerprint density at radius 3 is 2.87 bits per heavy atom. The molecule has 4 nitrogen and oxygen atoms in total. The van der Waals surface area contributed by atoms with Crippen molar-refractivity contribution in [2.75, 3.05) is 6.54 Å². The van der Waals surface area contributed by atoms with Gasteiger partial charge in [0.1, 0.15) is 22.2 Å². The predicted molar refractivity (Wildman–Crippen MR) is 59.0 cm³/mol. The summed E-state index contributed by atoms with van der Waals surface area (Å²) in [4.78, 5) is 8.30. The topological polar surface area (TPSA) is 72.0 Å². The molecule has 0 bridgehead atoms. The molecule has 5 heteroatoms. The molecule has 0 atom stereocenters. The van der Waals surface area contributed by atoms with Gasteiger partial charge in [-0.05, 0) is 18.7 Å². The molecule has 0 fully saturated rings. The Morgan fingerprint density at radius 1 is 1.33 bits per heavy atom. The van der Waals surface area contributed by atoms with Crippen molar-refractivity contribution in [3.8, 4) is 5.75 Å². The van der Waals surface area contributed by atoms with Gasteiger partial charge in [-0.15, -0.1) is 0 Å². The summed E-state index contributed by atoms with van der Waals surface area (Å²) in [6, 6.07) is 5.04. The first kappa shape index (κ1) is 10.1. The Labute approximate surface area is 91.7 Å². The van der Waals surface area contributed by atoms with Crippen LogP contribution in [-0.2, 0) is 6.42 Å². The van der Waals surface area contributed by atoms with Crippen LogP contribution in [0.5, 0.6) is 5.75 Å². The van der Waals surface area contributed by atoms with Gasteiger partial charge in [0.15, 0.2) is 0 Å². The molecular weight excluding hydrogens is 214 g/mol. The van der Waals surface area contributed by atoms with Gasteiger partial charge in [0.2, 0.25) is 0 Å². The summed E-state index contributed by atoms with van der Waals surface area (Å²) < 4.78 is 0. The van der Waals surface area contributed by atoms with Gasteiger partial charge in [-0.3, -0.25) is 0 Å². The highest BCUT2D eigenvalue weighted by Gasteiger charge is 2.08. The Morgan fingerprint density at radius 2 is 2.13 bits per heavy atom. The van der Waals surface area contributed by atoms with E-state index >= 15 is 0 Å². The summed E-state index contributed by atoms with van der Waals surface area (Å²) in [5, 5.41) is 10.6. The maximum absolute atomic E-state index is 9.61. The summed E-state index contributed by atoms with van der Waals surface area (Å²) in [5.41, 5.74) is 5.88. The number of aromatic hydroxyl groups is 1. The molecule has 1 aromatic carbocycles. The fourth-order valence-corrected chi connectivity index (χ4v) is 1.63. The number of hydrogen-bond donors (Lipinski definition) is 2. The van der Waals surface area contributed by atoms with Gasteiger partial charge in [0.05, 0.1) is 0 Å². The van der Waals surface area contributed by atoms with E-state index in [-0.39, 0.29) is 5.75 Å². The number of para-hydroxylation sites is 1. The maximum atomic E-state index is 9.61. The number of phenols is 1. The van der Waals surface area contributed by atoms with Crippen LogP contribution in [-0.4, -0.2) is 21.6 Å². The highest BCUT2D eigenvalue weighted by atomic mass is 35.5. The van der Waals surface area contributed by atoms with E-state index in [1.807, 2.05) is 0 Å². The molecule has 0 aliphatic rings. The maximum Gasteiger partial charge on any atom is 0.141 e. The van der Waals surface area contributed by atoms with Crippen molar-refractivity contribution in [3.05, 3.63) is 29.2 Å². The molecular formula is C10H10ClN3O. The van der Waals surface area contributed by atoms with Gasteiger partial charge in [-0.2, -0.15) is 0 Å². The highest BCUT2D eigenvalue weighted by Crippen LogP contribution is 2.26. The summed E-state index contributed by atoms with van der Waals surface area (Å²) in [5.74, 6) is 0.659. The van der Waals surface area contributed by atoms with Gasteiger partial charge >= 0.3 is 0 Å². The first-order chi connectivity index (χ1) is 7.22. The third kappa shape index (κ3) is 1.86. The zero-order chi connectivity index (χ0) is 10.8. The third-order valence-corrected chi connectivity index (χ3v) is 2.36. The smallest absolute Gasteiger partial charge is 0.141 e. The molecule has 1 aromatic heterocycles. The van der Waals surface area contributed by atoms with Crippen LogP contribution in [0.25, 0.3) is 10.9 Å². The first-order valence-corrected chi connectivity index (χ1v) is 4.94. The summed E-state index contributed by atoms with van der Waals surface area (Å²) in [7, 11) is 0. The Hall–Kier alpha value is -1.39. The fourth-order valence-electron chi connectivity index (χ4n) is 1.38. The van der Waals surface area contributed by atoms with E-state index in [9.17, 15) is 5.11 Å². The van der Waals surface area contributed by atoms with Crippen molar-refractivity contribution in [1.82, 2.24) is 9.97 Å². The van der Waals surface area contributed by atoms with Crippen molar-refractivity contribution in [2.24, 2.45) is 5.73 Å². The number of phenolic OH excluding ortho intramolecular Hbond substituents is 1. The van der Waals surface area contributed by atoms with E-state index in [1.165, 1.54) is 0 Å². The van der Waals surface area contributed by atoms with Crippen LogP contribution in [0.3, 0.4) is 0 Å². The molecule has 0 spiro atoms. The Bertz CT molecular complexity index is 501. The van der Waals surface area contributed by atoms with Crippen LogP contribution >= 0.6 is 11.6 Å². The summed E-state index contributed by atoms with van der Waals surface area (Å²) >= 11 is 5.97. The van der Waals surface area contributed by atoms with Crippen molar-refractivity contribution < 1.29 is 5.11 Å². The van der Waals surface area contributed by atoms with Crippen molar-refractivity contribution >= 4 is 22.5 Å². The number of rotatable bonds is 2. The van der Waals surface area contributed by atoms with E-state index < -0.39 is 0 Å². The lowest BCUT2D eigenvalue weighted by Crippen LogP contribution is -2.06. The van der Waals surface area contributed by atoms with E-state index in [0.717, 1.165) is 0 Å². The van der Waals surface area contributed by atoms with Crippen LogP contribution in [0, 0.1) is 0 Å². The number of nitrogens with two attached hydrogens (primary N) is 1. The largest absolute Gasteiger partial charge is 0.506 e. The number of hydrogen-bond acceptors (Lipinski definition) is 4. The highest BCUT2D eigenvalue weighted by molar-refractivity contribution is 6.34. The second-order valence-electron chi connectivity index (χ2n) is 3.14. The monoisotopic (exact) mass is 223 g/mol. The zero-order valence-corrected chi connectivity index (χ0v) is 8.70. The van der Waals surface area contributed by atoms with E-state index in [4.69, 9.17) is 17.3 Å². The lowest BCUT2D eigenvalue weighted by molar-refractivity contribution is 0.480. The van der Waals surface area contributed by atoms with Gasteiger partial charge in [-0.1, -0.05) is 17.7 Å². The van der Waals surface area contributed by atoms with Crippen molar-refractivity contribution in [1.29, 1.82) is 0 Å². The number of fused-ring (bicyclic) bond motifs is 1. The number of benzene rings is 1. The molecule has 0 saturated heterocycles. The van der Waals surface area contributed by atoms with Gasteiger partial charge in [0.25, 0.3) is 0 Å². The minimum Gasteiger partial charge on any atom is -0.506 e. The van der Waals surface area contributed by atoms with Gasteiger partial charge in [-0.25, -0.2) is 9.97 Å². The molecule has 0 saturated carbocycles.